The molecule has 104 valence electrons. The van der Waals surface area contributed by atoms with E-state index in [-0.39, 0.29) is 5.78 Å². The lowest BCUT2D eigenvalue weighted by Gasteiger charge is -2.11. The van der Waals surface area contributed by atoms with Crippen LogP contribution in [0, 0.1) is 6.92 Å². The number of halogens is 3. The molecule has 2 aromatic carbocycles. The van der Waals surface area contributed by atoms with Crippen LogP contribution in [0.4, 0.5) is 0 Å². The van der Waals surface area contributed by atoms with Gasteiger partial charge in [-0.1, -0.05) is 43.5 Å². The van der Waals surface area contributed by atoms with Crippen molar-refractivity contribution in [3.05, 3.63) is 61.0 Å². The number of methoxy groups -OCH3 is 1. The fourth-order valence-electron chi connectivity index (χ4n) is 1.82. The van der Waals surface area contributed by atoms with Crippen molar-refractivity contribution < 1.29 is 9.53 Å². The molecule has 2 rings (SSSR count). The zero-order chi connectivity index (χ0) is 14.9. The van der Waals surface area contributed by atoms with Crippen LogP contribution in [-0.2, 0) is 0 Å². The van der Waals surface area contributed by atoms with E-state index >= 15 is 0 Å². The summed E-state index contributed by atoms with van der Waals surface area (Å²) in [6.07, 6.45) is 0. The number of rotatable bonds is 3. The first kappa shape index (κ1) is 15.5. The van der Waals surface area contributed by atoms with Crippen molar-refractivity contribution >= 4 is 49.2 Å². The lowest BCUT2D eigenvalue weighted by Crippen LogP contribution is -2.05. The summed E-state index contributed by atoms with van der Waals surface area (Å²) >= 11 is 12.8. The maximum absolute atomic E-state index is 12.7. The van der Waals surface area contributed by atoms with Crippen LogP contribution >= 0.6 is 43.5 Å². The van der Waals surface area contributed by atoms with Crippen molar-refractivity contribution in [3.63, 3.8) is 0 Å². The summed E-state index contributed by atoms with van der Waals surface area (Å²) in [5, 5.41) is 0.515. The average Bonchev–Trinajstić information content (AvgIpc) is 2.43. The third-order valence-electron chi connectivity index (χ3n) is 2.90. The highest BCUT2D eigenvalue weighted by molar-refractivity contribution is 9.10. The monoisotopic (exact) mass is 416 g/mol. The molecule has 0 amide bonds. The first-order valence-electron chi connectivity index (χ1n) is 5.78. The SMILES string of the molecule is COc1cc(C)c(Br)cc1C(=O)c1cc(Cl)ccc1Br. The highest BCUT2D eigenvalue weighted by Gasteiger charge is 2.18. The maximum Gasteiger partial charge on any atom is 0.197 e. The van der Waals surface area contributed by atoms with Gasteiger partial charge in [0.2, 0.25) is 0 Å². The Balaban J connectivity index is 2.58. The minimum atomic E-state index is -0.142. The third-order valence-corrected chi connectivity index (χ3v) is 4.68. The third kappa shape index (κ3) is 3.08. The molecule has 0 aliphatic rings. The van der Waals surface area contributed by atoms with Gasteiger partial charge in [0.1, 0.15) is 5.75 Å². The van der Waals surface area contributed by atoms with Crippen LogP contribution in [-0.4, -0.2) is 12.9 Å². The van der Waals surface area contributed by atoms with Gasteiger partial charge in [-0.2, -0.15) is 0 Å². The van der Waals surface area contributed by atoms with Gasteiger partial charge in [0.15, 0.2) is 5.78 Å². The van der Waals surface area contributed by atoms with E-state index < -0.39 is 0 Å². The molecular formula is C15H11Br2ClO2. The molecule has 0 aliphatic heterocycles. The maximum atomic E-state index is 12.7. The van der Waals surface area contributed by atoms with Gasteiger partial charge >= 0.3 is 0 Å². The zero-order valence-corrected chi connectivity index (χ0v) is 14.8. The molecule has 20 heavy (non-hydrogen) atoms. The number of carbonyl (C=O) groups is 1. The Hall–Kier alpha value is -0.840. The van der Waals surface area contributed by atoms with E-state index in [1.54, 1.807) is 31.4 Å². The molecule has 2 nitrogen and oxygen atoms in total. The van der Waals surface area contributed by atoms with Gasteiger partial charge in [-0.25, -0.2) is 0 Å². The first-order valence-corrected chi connectivity index (χ1v) is 7.74. The molecule has 0 radical (unpaired) electrons. The van der Waals surface area contributed by atoms with Crippen LogP contribution in [0.3, 0.4) is 0 Å². The number of benzene rings is 2. The zero-order valence-electron chi connectivity index (χ0n) is 10.8. The lowest BCUT2D eigenvalue weighted by atomic mass is 10.0. The molecule has 0 aromatic heterocycles. The van der Waals surface area contributed by atoms with Crippen molar-refractivity contribution in [2.24, 2.45) is 0 Å². The molecule has 0 atom stereocenters. The number of ketones is 1. The summed E-state index contributed by atoms with van der Waals surface area (Å²) in [5.74, 6) is 0.402. The Bertz CT molecular complexity index is 684. The van der Waals surface area contributed by atoms with Gasteiger partial charge in [-0.3, -0.25) is 4.79 Å². The van der Waals surface area contributed by atoms with E-state index in [1.807, 2.05) is 13.0 Å². The number of aryl methyl sites for hydroxylation is 1. The molecule has 0 aliphatic carbocycles. The van der Waals surface area contributed by atoms with Crippen LogP contribution in [0.15, 0.2) is 39.3 Å². The number of hydrogen-bond donors (Lipinski definition) is 0. The second kappa shape index (κ2) is 6.29. The van der Waals surface area contributed by atoms with Crippen molar-refractivity contribution in [3.8, 4) is 5.75 Å². The van der Waals surface area contributed by atoms with Gasteiger partial charge in [-0.15, -0.1) is 0 Å². The minimum absolute atomic E-state index is 0.142. The van der Waals surface area contributed by atoms with Crippen LogP contribution in [0.25, 0.3) is 0 Å². The van der Waals surface area contributed by atoms with Gasteiger partial charge < -0.3 is 4.74 Å². The topological polar surface area (TPSA) is 26.3 Å². The second-order valence-electron chi connectivity index (χ2n) is 4.25. The molecule has 0 bridgehead atoms. The van der Waals surface area contributed by atoms with Crippen LogP contribution in [0.5, 0.6) is 5.75 Å². The predicted molar refractivity (Wildman–Crippen MR) is 88.0 cm³/mol. The molecular weight excluding hydrogens is 407 g/mol. The Morgan fingerprint density at radius 2 is 1.80 bits per heavy atom. The van der Waals surface area contributed by atoms with Crippen molar-refractivity contribution in [1.29, 1.82) is 0 Å². The Morgan fingerprint density at radius 3 is 2.45 bits per heavy atom. The van der Waals surface area contributed by atoms with E-state index in [1.165, 1.54) is 0 Å². The molecule has 0 fully saturated rings. The number of ether oxygens (including phenoxy) is 1. The summed E-state index contributed by atoms with van der Waals surface area (Å²) in [6, 6.07) is 8.72. The molecule has 0 N–H and O–H groups in total. The smallest absolute Gasteiger partial charge is 0.197 e. The van der Waals surface area contributed by atoms with Gasteiger partial charge in [-0.05, 0) is 42.8 Å². The summed E-state index contributed by atoms with van der Waals surface area (Å²) < 4.78 is 6.86. The number of hydrogen-bond acceptors (Lipinski definition) is 2. The summed E-state index contributed by atoms with van der Waals surface area (Å²) in [4.78, 5) is 12.7. The van der Waals surface area contributed by atoms with Crippen molar-refractivity contribution in [2.75, 3.05) is 7.11 Å². The highest BCUT2D eigenvalue weighted by atomic mass is 79.9. The largest absolute Gasteiger partial charge is 0.496 e. The van der Waals surface area contributed by atoms with E-state index in [2.05, 4.69) is 31.9 Å². The lowest BCUT2D eigenvalue weighted by molar-refractivity contribution is 0.103. The minimum Gasteiger partial charge on any atom is -0.496 e. The molecule has 0 saturated carbocycles. The summed E-state index contributed by atoms with van der Waals surface area (Å²) in [5.41, 5.74) is 2.00. The number of carbonyl (C=O) groups excluding carboxylic acids is 1. The first-order chi connectivity index (χ1) is 9.43. The molecule has 0 saturated heterocycles. The van der Waals surface area contributed by atoms with E-state index in [4.69, 9.17) is 16.3 Å². The Kier molecular flexibility index (Phi) is 4.89. The average molecular weight is 419 g/mol. The van der Waals surface area contributed by atoms with Gasteiger partial charge in [0, 0.05) is 19.5 Å². The van der Waals surface area contributed by atoms with Crippen LogP contribution in [0.2, 0.25) is 5.02 Å². The van der Waals surface area contributed by atoms with E-state index in [0.29, 0.717) is 26.4 Å². The van der Waals surface area contributed by atoms with Crippen LogP contribution in [0.1, 0.15) is 21.5 Å². The molecule has 0 unspecified atom stereocenters. The molecule has 5 heteroatoms. The highest BCUT2D eigenvalue weighted by Crippen LogP contribution is 2.31. The molecule has 0 spiro atoms. The molecule has 0 heterocycles. The summed E-state index contributed by atoms with van der Waals surface area (Å²) in [6.45, 7) is 1.94. The van der Waals surface area contributed by atoms with E-state index in [9.17, 15) is 4.79 Å². The molecule has 2 aromatic rings. The fourth-order valence-corrected chi connectivity index (χ4v) is 2.76. The summed E-state index contributed by atoms with van der Waals surface area (Å²) in [7, 11) is 1.55. The fraction of sp³-hybridized carbons (Fsp3) is 0.133. The van der Waals surface area contributed by atoms with Gasteiger partial charge in [0.25, 0.3) is 0 Å². The normalized spacial score (nSPS) is 10.4. The van der Waals surface area contributed by atoms with Crippen LogP contribution < -0.4 is 4.74 Å². The standard InChI is InChI=1S/C15H11Br2ClO2/c1-8-5-14(20-2)11(7-13(8)17)15(19)10-6-9(18)3-4-12(10)16/h3-7H,1-2H3. The second-order valence-corrected chi connectivity index (χ2v) is 6.40. The quantitative estimate of drug-likeness (QED) is 0.623. The predicted octanol–water partition coefficient (Wildman–Crippen LogP) is 5.41. The van der Waals surface area contributed by atoms with E-state index in [0.717, 1.165) is 10.0 Å². The Labute approximate surface area is 139 Å². The van der Waals surface area contributed by atoms with Crippen molar-refractivity contribution in [1.82, 2.24) is 0 Å². The van der Waals surface area contributed by atoms with Gasteiger partial charge in [0.05, 0.1) is 12.7 Å². The van der Waals surface area contributed by atoms with Crippen molar-refractivity contribution in [2.45, 2.75) is 6.92 Å². The Morgan fingerprint density at radius 1 is 1.10 bits per heavy atom.